The second-order valence-electron chi connectivity index (χ2n) is 8.39. The number of benzene rings is 3. The van der Waals surface area contributed by atoms with Crippen molar-refractivity contribution in [1.29, 1.82) is 0 Å². The highest BCUT2D eigenvalue weighted by Gasteiger charge is 2.37. The highest BCUT2D eigenvalue weighted by atomic mass is 19.4. The van der Waals surface area contributed by atoms with Gasteiger partial charge in [-0.15, -0.1) is 0 Å². The lowest BCUT2D eigenvalue weighted by molar-refractivity contribution is -0.137. The number of nitrogens with zero attached hydrogens (tertiary/aromatic N) is 2. The van der Waals surface area contributed by atoms with Crippen LogP contribution in [-0.4, -0.2) is 28.5 Å². The number of amides is 3. The summed E-state index contributed by atoms with van der Waals surface area (Å²) >= 11 is 0. The molecule has 0 spiro atoms. The van der Waals surface area contributed by atoms with Gasteiger partial charge in [0.2, 0.25) is 5.91 Å². The van der Waals surface area contributed by atoms with Gasteiger partial charge in [0, 0.05) is 12.1 Å². The van der Waals surface area contributed by atoms with Gasteiger partial charge in [0.15, 0.2) is 6.23 Å². The summed E-state index contributed by atoms with van der Waals surface area (Å²) in [5, 5.41) is 13.5. The molecule has 3 aromatic rings. The molecule has 0 bridgehead atoms. The van der Waals surface area contributed by atoms with Gasteiger partial charge < -0.3 is 10.4 Å². The average Bonchev–Trinajstić information content (AvgIpc) is 2.83. The summed E-state index contributed by atoms with van der Waals surface area (Å²) in [6.45, 7) is 1.52. The fourth-order valence-electron chi connectivity index (χ4n) is 4.00. The molecule has 0 aromatic heterocycles. The summed E-state index contributed by atoms with van der Waals surface area (Å²) in [5.41, 5.74) is 2.08. The van der Waals surface area contributed by atoms with Gasteiger partial charge in [0.1, 0.15) is 6.54 Å². The number of aryl methyl sites for hydroxylation is 1. The van der Waals surface area contributed by atoms with Gasteiger partial charge in [-0.3, -0.25) is 14.6 Å². The Hall–Kier alpha value is -3.85. The standard InChI is InChI=1S/C26H24F3N3O3/c1-17-10-11-22-21(12-17)24(34)32(15-18-6-3-2-4-7-18)25(35)31(22)16-23(33)30-14-19-8-5-9-20(13-19)26(27,28)29/h2-13,24,34H,14-16H2,1H3,(H,30,33). The van der Waals surface area contributed by atoms with Gasteiger partial charge in [-0.1, -0.05) is 54.1 Å². The lowest BCUT2D eigenvalue weighted by Gasteiger charge is -2.40. The Morgan fingerprint density at radius 2 is 1.71 bits per heavy atom. The van der Waals surface area contributed by atoms with Crippen LogP contribution in [0.4, 0.5) is 23.7 Å². The van der Waals surface area contributed by atoms with E-state index in [-0.39, 0.29) is 25.2 Å². The number of urea groups is 1. The number of halogens is 3. The number of anilines is 1. The predicted octanol–water partition coefficient (Wildman–Crippen LogP) is 4.76. The molecule has 35 heavy (non-hydrogen) atoms. The maximum atomic E-state index is 13.3. The Morgan fingerprint density at radius 1 is 1.00 bits per heavy atom. The molecule has 1 atom stereocenters. The maximum Gasteiger partial charge on any atom is 0.416 e. The van der Waals surface area contributed by atoms with Crippen LogP contribution >= 0.6 is 0 Å². The zero-order valence-electron chi connectivity index (χ0n) is 18.9. The monoisotopic (exact) mass is 483 g/mol. The highest BCUT2D eigenvalue weighted by Crippen LogP contribution is 2.36. The Kier molecular flexibility index (Phi) is 6.79. The lowest BCUT2D eigenvalue weighted by Crippen LogP contribution is -2.52. The summed E-state index contributed by atoms with van der Waals surface area (Å²) in [7, 11) is 0. The first-order valence-electron chi connectivity index (χ1n) is 11.0. The van der Waals surface area contributed by atoms with Crippen molar-refractivity contribution in [2.75, 3.05) is 11.4 Å². The molecule has 1 aliphatic heterocycles. The summed E-state index contributed by atoms with van der Waals surface area (Å²) in [6.07, 6.45) is -5.67. The number of aliphatic hydroxyl groups is 1. The zero-order chi connectivity index (χ0) is 25.2. The van der Waals surface area contributed by atoms with Crippen LogP contribution in [-0.2, 0) is 24.1 Å². The van der Waals surface area contributed by atoms with Gasteiger partial charge in [0.25, 0.3) is 0 Å². The minimum Gasteiger partial charge on any atom is -0.369 e. The summed E-state index contributed by atoms with van der Waals surface area (Å²) in [5.74, 6) is -0.543. The third-order valence-corrected chi connectivity index (χ3v) is 5.77. The first kappa shape index (κ1) is 24.3. The Labute approximate surface area is 200 Å². The molecule has 1 unspecified atom stereocenters. The van der Waals surface area contributed by atoms with E-state index in [1.165, 1.54) is 21.9 Å². The van der Waals surface area contributed by atoms with Crippen LogP contribution in [0, 0.1) is 6.92 Å². The SMILES string of the molecule is Cc1ccc2c(c1)C(O)N(Cc1ccccc1)C(=O)N2CC(=O)NCc1cccc(C(F)(F)F)c1. The summed E-state index contributed by atoms with van der Waals surface area (Å²) < 4.78 is 38.9. The van der Waals surface area contributed by atoms with Gasteiger partial charge in [-0.2, -0.15) is 13.2 Å². The molecule has 9 heteroatoms. The molecule has 6 nitrogen and oxygen atoms in total. The predicted molar refractivity (Wildman–Crippen MR) is 124 cm³/mol. The fourth-order valence-corrected chi connectivity index (χ4v) is 4.00. The van der Waals surface area contributed by atoms with Crippen molar-refractivity contribution in [2.45, 2.75) is 32.4 Å². The Morgan fingerprint density at radius 3 is 2.43 bits per heavy atom. The number of rotatable bonds is 6. The number of alkyl halides is 3. The van der Waals surface area contributed by atoms with Crippen LogP contribution < -0.4 is 10.2 Å². The second-order valence-corrected chi connectivity index (χ2v) is 8.39. The quantitative estimate of drug-likeness (QED) is 0.531. The molecule has 0 aliphatic carbocycles. The number of hydrogen-bond acceptors (Lipinski definition) is 3. The van der Waals surface area contributed by atoms with Crippen molar-refractivity contribution < 1.29 is 27.9 Å². The van der Waals surface area contributed by atoms with E-state index in [2.05, 4.69) is 5.32 Å². The molecule has 3 aromatic carbocycles. The average molecular weight is 483 g/mol. The highest BCUT2D eigenvalue weighted by molar-refractivity contribution is 6.00. The first-order chi connectivity index (χ1) is 16.6. The van der Waals surface area contributed by atoms with E-state index in [1.54, 1.807) is 18.2 Å². The molecule has 1 heterocycles. The smallest absolute Gasteiger partial charge is 0.369 e. The third kappa shape index (κ3) is 5.46. The topological polar surface area (TPSA) is 72.9 Å². The van der Waals surface area contributed by atoms with E-state index in [4.69, 9.17) is 0 Å². The third-order valence-electron chi connectivity index (χ3n) is 5.77. The van der Waals surface area contributed by atoms with Crippen molar-refractivity contribution in [3.8, 4) is 0 Å². The first-order valence-corrected chi connectivity index (χ1v) is 11.0. The van der Waals surface area contributed by atoms with Gasteiger partial charge in [-0.25, -0.2) is 4.79 Å². The molecule has 4 rings (SSSR count). The van der Waals surface area contributed by atoms with Crippen LogP contribution in [0.25, 0.3) is 0 Å². The van der Waals surface area contributed by atoms with E-state index in [0.29, 0.717) is 11.3 Å². The van der Waals surface area contributed by atoms with Crippen LogP contribution in [0.2, 0.25) is 0 Å². The molecule has 182 valence electrons. The second kappa shape index (κ2) is 9.79. The van der Waals surface area contributed by atoms with E-state index in [0.717, 1.165) is 23.3 Å². The normalized spacial score (nSPS) is 15.7. The summed E-state index contributed by atoms with van der Waals surface area (Å²) in [4.78, 5) is 28.6. The molecule has 2 N–H and O–H groups in total. The Balaban J connectivity index is 1.53. The number of fused-ring (bicyclic) bond motifs is 1. The van der Waals surface area contributed by atoms with E-state index >= 15 is 0 Å². The van der Waals surface area contributed by atoms with Crippen LogP contribution in [0.1, 0.15) is 34.0 Å². The molecule has 0 radical (unpaired) electrons. The van der Waals surface area contributed by atoms with Gasteiger partial charge in [-0.05, 0) is 42.3 Å². The van der Waals surface area contributed by atoms with E-state index in [1.807, 2.05) is 37.3 Å². The van der Waals surface area contributed by atoms with Crippen molar-refractivity contribution >= 4 is 17.6 Å². The fraction of sp³-hybridized carbons (Fsp3) is 0.231. The van der Waals surface area contributed by atoms with E-state index < -0.39 is 29.9 Å². The summed E-state index contributed by atoms with van der Waals surface area (Å²) in [6, 6.07) is 18.5. The molecular weight excluding hydrogens is 459 g/mol. The largest absolute Gasteiger partial charge is 0.416 e. The van der Waals surface area contributed by atoms with Crippen LogP contribution in [0.3, 0.4) is 0 Å². The molecule has 3 amide bonds. The van der Waals surface area contributed by atoms with Gasteiger partial charge in [0.05, 0.1) is 17.8 Å². The van der Waals surface area contributed by atoms with Crippen molar-refractivity contribution in [3.05, 3.63) is 101 Å². The molecule has 0 saturated carbocycles. The maximum absolute atomic E-state index is 13.3. The van der Waals surface area contributed by atoms with Crippen molar-refractivity contribution in [3.63, 3.8) is 0 Å². The molecule has 0 fully saturated rings. The van der Waals surface area contributed by atoms with E-state index in [9.17, 15) is 27.9 Å². The molecule has 1 aliphatic rings. The Bertz CT molecular complexity index is 1230. The van der Waals surface area contributed by atoms with Crippen molar-refractivity contribution in [2.24, 2.45) is 0 Å². The molecule has 0 saturated heterocycles. The van der Waals surface area contributed by atoms with Gasteiger partial charge >= 0.3 is 12.2 Å². The van der Waals surface area contributed by atoms with Crippen LogP contribution in [0.5, 0.6) is 0 Å². The number of carbonyl (C=O) groups excluding carboxylic acids is 2. The number of aliphatic hydroxyl groups excluding tert-OH is 1. The van der Waals surface area contributed by atoms with Crippen LogP contribution in [0.15, 0.2) is 72.8 Å². The number of carbonyl (C=O) groups is 2. The molecular formula is C26H24F3N3O3. The minimum atomic E-state index is -4.48. The zero-order valence-corrected chi connectivity index (χ0v) is 18.9. The minimum absolute atomic E-state index is 0.123. The number of hydrogen-bond donors (Lipinski definition) is 2. The lowest BCUT2D eigenvalue weighted by atomic mass is 10.0. The van der Waals surface area contributed by atoms with Crippen molar-refractivity contribution in [1.82, 2.24) is 10.2 Å². The number of nitrogens with one attached hydrogen (secondary N) is 1.